The average molecular weight is 562 g/mol. The highest BCUT2D eigenvalue weighted by Crippen LogP contribution is 2.64. The van der Waals surface area contributed by atoms with Gasteiger partial charge in [-0.2, -0.15) is 74.6 Å². The average Bonchev–Trinajstić information content (AvgIpc) is 2.66. The van der Waals surface area contributed by atoms with Crippen molar-refractivity contribution in [1.82, 2.24) is 0 Å². The minimum atomic E-state index is -8.63. The molecule has 0 rings (SSSR count). The molecule has 35 heavy (non-hydrogen) atoms. The predicted molar refractivity (Wildman–Crippen MR) is 79.3 cm³/mol. The first kappa shape index (κ1) is 34.7. The minimum Gasteiger partial charge on any atom is -0.492 e. The second kappa shape index (κ2) is 9.90. The van der Waals surface area contributed by atoms with Gasteiger partial charge >= 0.3 is 53.6 Å². The molecule has 1 unspecified atom stereocenters. The molecule has 20 heteroatoms. The number of ether oxygens (including phenoxy) is 1. The molecule has 0 aliphatic heterocycles. The molecule has 0 amide bonds. The molecule has 0 saturated heterocycles. The fourth-order valence-corrected chi connectivity index (χ4v) is 1.66. The van der Waals surface area contributed by atoms with E-state index < -0.39 is 59.7 Å². The number of hydrogen-bond donors (Lipinski definition) is 1. The standard InChI is InChI=1S/C12H7F17O.C3H4O2/c1-3-30-4(2)5(13,14)6(15,16)7(17,18)8(19,20)9(21,22)10(23,24)11(25,26)12(27,28)29;1-2-3(4)5/h3-4H,1H2,2H3;2H,1H2,(H,4,5). The van der Waals surface area contributed by atoms with Gasteiger partial charge < -0.3 is 9.84 Å². The minimum absolute atomic E-state index is 0.141. The summed E-state index contributed by atoms with van der Waals surface area (Å²) in [5.74, 6) is -57.5. The molecule has 0 aliphatic rings. The quantitative estimate of drug-likeness (QED) is 0.181. The van der Waals surface area contributed by atoms with E-state index in [4.69, 9.17) is 5.11 Å². The van der Waals surface area contributed by atoms with Crippen LogP contribution in [0.15, 0.2) is 25.5 Å². The molecule has 0 aromatic rings. The van der Waals surface area contributed by atoms with E-state index in [1.165, 1.54) is 0 Å². The molecule has 0 bridgehead atoms. The lowest BCUT2D eigenvalue weighted by Crippen LogP contribution is -2.75. The Morgan fingerprint density at radius 3 is 1.14 bits per heavy atom. The van der Waals surface area contributed by atoms with Crippen LogP contribution in [0.1, 0.15) is 6.92 Å². The van der Waals surface area contributed by atoms with Crippen molar-refractivity contribution >= 4 is 5.97 Å². The maximum absolute atomic E-state index is 13.4. The zero-order chi connectivity index (χ0) is 29.3. The Kier molecular flexibility index (Phi) is 9.82. The van der Waals surface area contributed by atoms with E-state index in [0.717, 1.165) is 6.08 Å². The number of carboxylic acid groups (broad SMARTS) is 1. The Balaban J connectivity index is 0. The van der Waals surface area contributed by atoms with Crippen LogP contribution in [0.3, 0.4) is 0 Å². The first-order chi connectivity index (χ1) is 15.0. The van der Waals surface area contributed by atoms with Gasteiger partial charge in [0.15, 0.2) is 6.10 Å². The van der Waals surface area contributed by atoms with Crippen LogP contribution in [0.25, 0.3) is 0 Å². The van der Waals surface area contributed by atoms with Gasteiger partial charge in [0.25, 0.3) is 0 Å². The molecule has 1 N–H and O–H groups in total. The lowest BCUT2D eigenvalue weighted by molar-refractivity contribution is -0.463. The number of hydrogen-bond acceptors (Lipinski definition) is 2. The SMILES string of the molecule is C=CC(=O)O.C=COC(C)C(F)(F)C(F)(F)C(F)(F)C(F)(F)C(F)(F)C(F)(F)C(F)(F)C(F)(F)F. The van der Waals surface area contributed by atoms with Crippen molar-refractivity contribution in [2.75, 3.05) is 0 Å². The third-order valence-electron chi connectivity index (χ3n) is 3.73. The van der Waals surface area contributed by atoms with Gasteiger partial charge in [-0.05, 0) is 6.92 Å². The summed E-state index contributed by atoms with van der Waals surface area (Å²) in [5.41, 5.74) is 0. The van der Waals surface area contributed by atoms with Crippen LogP contribution in [-0.2, 0) is 9.53 Å². The van der Waals surface area contributed by atoms with Crippen LogP contribution >= 0.6 is 0 Å². The summed E-state index contributed by atoms with van der Waals surface area (Å²) in [7, 11) is 0. The van der Waals surface area contributed by atoms with Crippen LogP contribution < -0.4 is 0 Å². The molecule has 0 heterocycles. The van der Waals surface area contributed by atoms with Crippen molar-refractivity contribution in [3.8, 4) is 0 Å². The van der Waals surface area contributed by atoms with Crippen molar-refractivity contribution in [3.05, 3.63) is 25.5 Å². The van der Waals surface area contributed by atoms with E-state index in [0.29, 0.717) is 0 Å². The molecule has 0 fully saturated rings. The third kappa shape index (κ3) is 5.39. The van der Waals surface area contributed by atoms with Crippen molar-refractivity contribution in [1.29, 1.82) is 0 Å². The van der Waals surface area contributed by atoms with Crippen molar-refractivity contribution in [2.45, 2.75) is 60.7 Å². The molecule has 0 aliphatic carbocycles. The van der Waals surface area contributed by atoms with E-state index in [9.17, 15) is 79.4 Å². The van der Waals surface area contributed by atoms with Gasteiger partial charge in [0, 0.05) is 6.08 Å². The van der Waals surface area contributed by atoms with Gasteiger partial charge in [0.1, 0.15) is 0 Å². The Bertz CT molecular complexity index is 769. The maximum atomic E-state index is 13.4. The van der Waals surface area contributed by atoms with E-state index in [2.05, 4.69) is 17.9 Å². The summed E-state index contributed by atoms with van der Waals surface area (Å²) in [4.78, 5) is 9.25. The van der Waals surface area contributed by atoms with Crippen LogP contribution in [0.4, 0.5) is 74.6 Å². The van der Waals surface area contributed by atoms with Crippen LogP contribution in [0, 0.1) is 0 Å². The number of carbonyl (C=O) groups is 1. The van der Waals surface area contributed by atoms with Crippen LogP contribution in [0.2, 0.25) is 0 Å². The Hall–Kier alpha value is -2.44. The molecular weight excluding hydrogens is 551 g/mol. The second-order valence-electron chi connectivity index (χ2n) is 6.05. The number of rotatable bonds is 10. The number of carboxylic acids is 1. The molecule has 0 saturated carbocycles. The first-order valence-corrected chi connectivity index (χ1v) is 7.83. The van der Waals surface area contributed by atoms with Gasteiger partial charge in [-0.15, -0.1) is 0 Å². The zero-order valence-electron chi connectivity index (χ0n) is 16.3. The highest BCUT2D eigenvalue weighted by Gasteiger charge is 2.95. The fraction of sp³-hybridized carbons (Fsp3) is 0.667. The lowest BCUT2D eigenvalue weighted by Gasteiger charge is -2.43. The first-order valence-electron chi connectivity index (χ1n) is 7.83. The van der Waals surface area contributed by atoms with Crippen LogP contribution in [-0.4, -0.2) is 64.8 Å². The monoisotopic (exact) mass is 562 g/mol. The van der Waals surface area contributed by atoms with E-state index in [1.807, 2.05) is 0 Å². The molecule has 1 atom stereocenters. The Labute approximate surface area is 182 Å². The molecular formula is C15H11F17O3. The molecule has 0 radical (unpaired) electrons. The third-order valence-corrected chi connectivity index (χ3v) is 3.73. The van der Waals surface area contributed by atoms with Gasteiger partial charge in [-0.1, -0.05) is 13.2 Å². The molecule has 208 valence electrons. The summed E-state index contributed by atoms with van der Waals surface area (Å²) in [6.45, 7) is 5.22. The maximum Gasteiger partial charge on any atom is 0.460 e. The fourth-order valence-electron chi connectivity index (χ4n) is 1.66. The highest BCUT2D eigenvalue weighted by molar-refractivity contribution is 5.78. The Morgan fingerprint density at radius 2 is 0.914 bits per heavy atom. The predicted octanol–water partition coefficient (Wildman–Crippen LogP) is 6.80. The number of alkyl halides is 17. The zero-order valence-corrected chi connectivity index (χ0v) is 16.3. The normalized spacial score (nSPS) is 15.5. The van der Waals surface area contributed by atoms with Crippen LogP contribution in [0.5, 0.6) is 0 Å². The number of aliphatic carboxylic acids is 1. The van der Waals surface area contributed by atoms with Crippen molar-refractivity contribution in [3.63, 3.8) is 0 Å². The molecule has 0 spiro atoms. The van der Waals surface area contributed by atoms with Crippen molar-refractivity contribution in [2.24, 2.45) is 0 Å². The van der Waals surface area contributed by atoms with E-state index in [-0.39, 0.29) is 13.2 Å². The molecule has 0 aromatic heterocycles. The Morgan fingerprint density at radius 1 is 0.657 bits per heavy atom. The van der Waals surface area contributed by atoms with E-state index in [1.54, 1.807) is 0 Å². The van der Waals surface area contributed by atoms with Gasteiger partial charge in [0.05, 0.1) is 6.26 Å². The smallest absolute Gasteiger partial charge is 0.460 e. The largest absolute Gasteiger partial charge is 0.492 e. The topological polar surface area (TPSA) is 46.5 Å². The van der Waals surface area contributed by atoms with E-state index >= 15 is 0 Å². The van der Waals surface area contributed by atoms with Gasteiger partial charge in [-0.25, -0.2) is 4.79 Å². The van der Waals surface area contributed by atoms with Gasteiger partial charge in [-0.3, -0.25) is 0 Å². The second-order valence-corrected chi connectivity index (χ2v) is 6.05. The number of halogens is 17. The molecule has 0 aromatic carbocycles. The highest BCUT2D eigenvalue weighted by atomic mass is 19.4. The summed E-state index contributed by atoms with van der Waals surface area (Å²) >= 11 is 0. The van der Waals surface area contributed by atoms with Crippen molar-refractivity contribution < 1.29 is 89.3 Å². The molecule has 3 nitrogen and oxygen atoms in total. The summed E-state index contributed by atoms with van der Waals surface area (Å²) < 4.78 is 224. The van der Waals surface area contributed by atoms with Gasteiger partial charge in [0.2, 0.25) is 0 Å². The lowest BCUT2D eigenvalue weighted by atomic mass is 9.88. The summed E-state index contributed by atoms with van der Waals surface area (Å²) in [5, 5.41) is 7.60. The summed E-state index contributed by atoms with van der Waals surface area (Å²) in [6.07, 6.45) is -10.7. The summed E-state index contributed by atoms with van der Waals surface area (Å²) in [6, 6.07) is 0.